The van der Waals surface area contributed by atoms with Crippen molar-refractivity contribution < 1.29 is 28.6 Å². The second-order valence-electron chi connectivity index (χ2n) is 10.4. The van der Waals surface area contributed by atoms with Crippen LogP contribution < -0.4 is 0 Å². The van der Waals surface area contributed by atoms with Gasteiger partial charge in [0.1, 0.15) is 6.61 Å². The number of carbonyl (C=O) groups excluding carboxylic acids is 3. The lowest BCUT2D eigenvalue weighted by atomic mass is 9.86. The number of esters is 3. The molecule has 0 aliphatic heterocycles. The molecule has 0 amide bonds. The molecule has 3 rings (SSSR count). The number of hydrogen-bond donors (Lipinski definition) is 0. The van der Waals surface area contributed by atoms with Gasteiger partial charge in [0.05, 0.1) is 17.3 Å². The molecule has 3 aromatic rings. The maximum atomic E-state index is 13.3. The maximum absolute atomic E-state index is 13.3. The van der Waals surface area contributed by atoms with Gasteiger partial charge in [0.2, 0.25) is 6.79 Å². The second-order valence-corrected chi connectivity index (χ2v) is 10.4. The van der Waals surface area contributed by atoms with Crippen LogP contribution in [0.2, 0.25) is 0 Å². The Hall–Kier alpha value is -3.93. The van der Waals surface area contributed by atoms with E-state index in [-0.39, 0.29) is 19.0 Å². The average molecular weight is 517 g/mol. The molecular formula is C32H36O6. The summed E-state index contributed by atoms with van der Waals surface area (Å²) in [5.74, 6) is -2.56. The molecule has 0 aliphatic rings. The van der Waals surface area contributed by atoms with Crippen LogP contribution in [0.3, 0.4) is 0 Å². The van der Waals surface area contributed by atoms with Crippen molar-refractivity contribution in [3.8, 4) is 0 Å². The summed E-state index contributed by atoms with van der Waals surface area (Å²) in [6.45, 7) is 4.86. The fraction of sp³-hybridized carbons (Fsp3) is 0.344. The van der Waals surface area contributed by atoms with Crippen molar-refractivity contribution in [2.45, 2.75) is 46.6 Å². The van der Waals surface area contributed by atoms with Crippen LogP contribution in [0.5, 0.6) is 0 Å². The van der Waals surface area contributed by atoms with Gasteiger partial charge < -0.3 is 14.2 Å². The van der Waals surface area contributed by atoms with Crippen molar-refractivity contribution in [3.63, 3.8) is 0 Å². The normalized spacial score (nSPS) is 12.7. The van der Waals surface area contributed by atoms with Crippen molar-refractivity contribution in [1.82, 2.24) is 0 Å². The second kappa shape index (κ2) is 14.1. The molecule has 0 N–H and O–H groups in total. The van der Waals surface area contributed by atoms with Crippen LogP contribution in [0.1, 0.15) is 43.9 Å². The predicted molar refractivity (Wildman–Crippen MR) is 145 cm³/mol. The molecular weight excluding hydrogens is 480 g/mol. The molecule has 6 nitrogen and oxygen atoms in total. The van der Waals surface area contributed by atoms with E-state index in [1.165, 1.54) is 0 Å². The fourth-order valence-electron chi connectivity index (χ4n) is 3.99. The Morgan fingerprint density at radius 2 is 1.03 bits per heavy atom. The molecule has 0 heterocycles. The first-order chi connectivity index (χ1) is 18.2. The highest BCUT2D eigenvalue weighted by Gasteiger charge is 2.31. The van der Waals surface area contributed by atoms with Crippen LogP contribution in [0.4, 0.5) is 0 Å². The molecule has 0 aromatic heterocycles. The van der Waals surface area contributed by atoms with E-state index < -0.39 is 36.0 Å². The summed E-state index contributed by atoms with van der Waals surface area (Å²) < 4.78 is 16.2. The lowest BCUT2D eigenvalue weighted by molar-refractivity contribution is -0.175. The van der Waals surface area contributed by atoms with Crippen LogP contribution in [0.15, 0.2) is 91.0 Å². The van der Waals surface area contributed by atoms with Crippen molar-refractivity contribution in [2.75, 3.05) is 6.79 Å². The third-order valence-electron chi connectivity index (χ3n) is 6.11. The Bertz CT molecular complexity index is 1150. The SMILES string of the molecule is CC(C)(C)C(=O)OCOC(=O)[C@@H](Cc1ccccc1)C[C@H](Cc1ccccc1)C(=O)OCc1ccccc1. The Morgan fingerprint density at radius 3 is 1.47 bits per heavy atom. The van der Waals surface area contributed by atoms with Crippen LogP contribution in [0, 0.1) is 17.3 Å². The minimum absolute atomic E-state index is 0.154. The predicted octanol–water partition coefficient (Wildman–Crippen LogP) is 5.93. The van der Waals surface area contributed by atoms with E-state index in [4.69, 9.17) is 14.2 Å². The first-order valence-electron chi connectivity index (χ1n) is 12.8. The summed E-state index contributed by atoms with van der Waals surface area (Å²) in [5, 5.41) is 0. The minimum atomic E-state index is -0.709. The molecule has 0 bridgehead atoms. The van der Waals surface area contributed by atoms with Gasteiger partial charge in [0.25, 0.3) is 0 Å². The molecule has 2 atom stereocenters. The van der Waals surface area contributed by atoms with E-state index >= 15 is 0 Å². The third-order valence-corrected chi connectivity index (χ3v) is 6.11. The topological polar surface area (TPSA) is 78.9 Å². The van der Waals surface area contributed by atoms with Crippen molar-refractivity contribution >= 4 is 17.9 Å². The van der Waals surface area contributed by atoms with Gasteiger partial charge in [-0.3, -0.25) is 14.4 Å². The first-order valence-corrected chi connectivity index (χ1v) is 12.8. The third kappa shape index (κ3) is 9.51. The van der Waals surface area contributed by atoms with Crippen LogP contribution in [-0.2, 0) is 48.0 Å². The zero-order valence-electron chi connectivity index (χ0n) is 22.3. The first kappa shape index (κ1) is 28.6. The molecule has 38 heavy (non-hydrogen) atoms. The van der Waals surface area contributed by atoms with E-state index in [0.29, 0.717) is 12.8 Å². The molecule has 0 saturated carbocycles. The molecule has 6 heteroatoms. The monoisotopic (exact) mass is 516 g/mol. The van der Waals surface area contributed by atoms with Gasteiger partial charge in [-0.15, -0.1) is 0 Å². The van der Waals surface area contributed by atoms with E-state index in [2.05, 4.69) is 0 Å². The highest BCUT2D eigenvalue weighted by atomic mass is 16.7. The Morgan fingerprint density at radius 1 is 0.605 bits per heavy atom. The Balaban J connectivity index is 1.76. The summed E-state index contributed by atoms with van der Waals surface area (Å²) in [4.78, 5) is 38.6. The minimum Gasteiger partial charge on any atom is -0.461 e. The van der Waals surface area contributed by atoms with Gasteiger partial charge in [-0.05, 0) is 56.7 Å². The number of ether oxygens (including phenoxy) is 3. The van der Waals surface area contributed by atoms with E-state index in [0.717, 1.165) is 16.7 Å². The molecule has 3 aromatic carbocycles. The summed E-state index contributed by atoms with van der Waals surface area (Å²) in [7, 11) is 0. The number of carbonyl (C=O) groups is 3. The molecule has 0 saturated heterocycles. The van der Waals surface area contributed by atoms with Gasteiger partial charge in [-0.1, -0.05) is 91.0 Å². The van der Waals surface area contributed by atoms with Crippen LogP contribution >= 0.6 is 0 Å². The fourth-order valence-corrected chi connectivity index (χ4v) is 3.99. The van der Waals surface area contributed by atoms with Gasteiger partial charge in [0.15, 0.2) is 0 Å². The summed E-state index contributed by atoms with van der Waals surface area (Å²) >= 11 is 0. The lowest BCUT2D eigenvalue weighted by Gasteiger charge is -2.23. The molecule has 0 unspecified atom stereocenters. The smallest absolute Gasteiger partial charge is 0.314 e. The van der Waals surface area contributed by atoms with Gasteiger partial charge in [-0.2, -0.15) is 0 Å². The largest absolute Gasteiger partial charge is 0.461 e. The van der Waals surface area contributed by atoms with Crippen molar-refractivity contribution in [2.24, 2.45) is 17.3 Å². The van der Waals surface area contributed by atoms with Crippen LogP contribution in [0.25, 0.3) is 0 Å². The van der Waals surface area contributed by atoms with E-state index in [9.17, 15) is 14.4 Å². The molecule has 200 valence electrons. The maximum Gasteiger partial charge on any atom is 0.314 e. The standard InChI is InChI=1S/C32H36O6/c1-32(2,3)31(35)38-23-37-30(34)28(20-25-15-9-5-10-16-25)21-27(19-24-13-7-4-8-14-24)29(33)36-22-26-17-11-6-12-18-26/h4-18,27-28H,19-23H2,1-3H3/t27-,28-/m0/s1. The molecule has 0 radical (unpaired) electrons. The Kier molecular flexibility index (Phi) is 10.6. The zero-order chi connectivity index (χ0) is 27.4. The molecule has 0 spiro atoms. The zero-order valence-corrected chi connectivity index (χ0v) is 22.3. The van der Waals surface area contributed by atoms with Crippen LogP contribution in [-0.4, -0.2) is 24.7 Å². The van der Waals surface area contributed by atoms with Crippen molar-refractivity contribution in [3.05, 3.63) is 108 Å². The lowest BCUT2D eigenvalue weighted by Crippen LogP contribution is -2.30. The van der Waals surface area contributed by atoms with Gasteiger partial charge >= 0.3 is 17.9 Å². The number of benzene rings is 3. The highest BCUT2D eigenvalue weighted by molar-refractivity contribution is 5.77. The Labute approximate surface area is 224 Å². The van der Waals surface area contributed by atoms with E-state index in [1.54, 1.807) is 20.8 Å². The molecule has 0 aliphatic carbocycles. The van der Waals surface area contributed by atoms with Crippen molar-refractivity contribution in [1.29, 1.82) is 0 Å². The summed E-state index contributed by atoms with van der Waals surface area (Å²) in [5.41, 5.74) is 2.09. The summed E-state index contributed by atoms with van der Waals surface area (Å²) in [6.07, 6.45) is 1.03. The summed E-state index contributed by atoms with van der Waals surface area (Å²) in [6, 6.07) is 28.7. The highest BCUT2D eigenvalue weighted by Crippen LogP contribution is 2.25. The van der Waals surface area contributed by atoms with Gasteiger partial charge in [-0.25, -0.2) is 0 Å². The molecule has 0 fully saturated rings. The van der Waals surface area contributed by atoms with Gasteiger partial charge in [0, 0.05) is 0 Å². The van der Waals surface area contributed by atoms with E-state index in [1.807, 2.05) is 91.0 Å². The quantitative estimate of drug-likeness (QED) is 0.219. The number of rotatable bonds is 12. The average Bonchev–Trinajstić information content (AvgIpc) is 2.92. The number of hydrogen-bond acceptors (Lipinski definition) is 6.